The van der Waals surface area contributed by atoms with Gasteiger partial charge in [0.05, 0.1) is 10.6 Å². The molecule has 3 rings (SSSR count). The standard InChI is InChI=1S/C31H38FN3O4S/c1-5-6-20-33-31(37)24(4)34(21-26-12-10-11-15-29(26)32)30(36)22-35(27-18-16-25(17-19-27)23(2)3)40(38,39)28-13-8-7-9-14-28/h7-19,23-24H,5-6,20-22H2,1-4H3,(H,33,37)/t24-/m0/s1. The van der Waals surface area contributed by atoms with Crippen molar-refractivity contribution >= 4 is 27.5 Å². The smallest absolute Gasteiger partial charge is 0.264 e. The van der Waals surface area contributed by atoms with Crippen molar-refractivity contribution in [2.24, 2.45) is 0 Å². The fourth-order valence-corrected chi connectivity index (χ4v) is 5.64. The number of hydrogen-bond acceptors (Lipinski definition) is 4. The van der Waals surface area contributed by atoms with E-state index in [1.807, 2.05) is 32.9 Å². The number of benzene rings is 3. The molecule has 3 aromatic carbocycles. The Morgan fingerprint density at radius 2 is 1.52 bits per heavy atom. The van der Waals surface area contributed by atoms with Crippen molar-refractivity contribution in [2.45, 2.75) is 63.9 Å². The molecule has 0 aliphatic carbocycles. The van der Waals surface area contributed by atoms with Crippen LogP contribution >= 0.6 is 0 Å². The first-order chi connectivity index (χ1) is 19.1. The second kappa shape index (κ2) is 14.1. The predicted molar refractivity (Wildman–Crippen MR) is 156 cm³/mol. The minimum atomic E-state index is -4.15. The van der Waals surface area contributed by atoms with Crippen LogP contribution in [0.3, 0.4) is 0 Å². The molecule has 0 aliphatic heterocycles. The van der Waals surface area contributed by atoms with Gasteiger partial charge in [-0.1, -0.05) is 75.7 Å². The second-order valence-corrected chi connectivity index (χ2v) is 11.9. The van der Waals surface area contributed by atoms with E-state index in [1.165, 1.54) is 23.1 Å². The molecule has 40 heavy (non-hydrogen) atoms. The van der Waals surface area contributed by atoms with Crippen molar-refractivity contribution in [1.82, 2.24) is 10.2 Å². The monoisotopic (exact) mass is 567 g/mol. The van der Waals surface area contributed by atoms with Crippen LogP contribution < -0.4 is 9.62 Å². The molecule has 3 aromatic rings. The first-order valence-electron chi connectivity index (χ1n) is 13.5. The fourth-order valence-electron chi connectivity index (χ4n) is 4.20. The molecule has 214 valence electrons. The summed E-state index contributed by atoms with van der Waals surface area (Å²) in [5.41, 5.74) is 1.56. The zero-order valence-electron chi connectivity index (χ0n) is 23.5. The Balaban J connectivity index is 2.01. The lowest BCUT2D eigenvalue weighted by atomic mass is 10.0. The average Bonchev–Trinajstić information content (AvgIpc) is 2.95. The van der Waals surface area contributed by atoms with Gasteiger partial charge in [0, 0.05) is 18.7 Å². The zero-order chi connectivity index (χ0) is 29.3. The van der Waals surface area contributed by atoms with Crippen LogP contribution in [0, 0.1) is 5.82 Å². The Labute approximate surface area is 237 Å². The van der Waals surface area contributed by atoms with Crippen molar-refractivity contribution in [1.29, 1.82) is 0 Å². The maximum atomic E-state index is 14.6. The Bertz CT molecular complexity index is 1380. The summed E-state index contributed by atoms with van der Waals surface area (Å²) in [4.78, 5) is 28.1. The van der Waals surface area contributed by atoms with Crippen molar-refractivity contribution in [3.63, 3.8) is 0 Å². The van der Waals surface area contributed by atoms with Crippen LogP contribution in [0.4, 0.5) is 10.1 Å². The lowest BCUT2D eigenvalue weighted by Gasteiger charge is -2.32. The molecule has 0 heterocycles. The first kappa shape index (κ1) is 30.8. The number of carbonyl (C=O) groups excluding carboxylic acids is 2. The van der Waals surface area contributed by atoms with Crippen LogP contribution in [0.5, 0.6) is 0 Å². The summed E-state index contributed by atoms with van der Waals surface area (Å²) in [6.07, 6.45) is 1.66. The molecule has 1 N–H and O–H groups in total. The van der Waals surface area contributed by atoms with Gasteiger partial charge in [0.1, 0.15) is 18.4 Å². The molecule has 7 nitrogen and oxygen atoms in total. The maximum Gasteiger partial charge on any atom is 0.264 e. The van der Waals surface area contributed by atoms with Gasteiger partial charge >= 0.3 is 0 Å². The van der Waals surface area contributed by atoms with E-state index in [0.717, 1.165) is 22.7 Å². The summed E-state index contributed by atoms with van der Waals surface area (Å²) in [6, 6.07) is 19.9. The van der Waals surface area contributed by atoms with Gasteiger partial charge < -0.3 is 10.2 Å². The van der Waals surface area contributed by atoms with Crippen LogP contribution in [0.15, 0.2) is 83.8 Å². The summed E-state index contributed by atoms with van der Waals surface area (Å²) in [5, 5.41) is 2.82. The molecule has 0 aromatic heterocycles. The van der Waals surface area contributed by atoms with Gasteiger partial charge in [-0.15, -0.1) is 0 Å². The van der Waals surface area contributed by atoms with Crippen LogP contribution in [0.2, 0.25) is 0 Å². The van der Waals surface area contributed by atoms with Gasteiger partial charge in [0.15, 0.2) is 0 Å². The van der Waals surface area contributed by atoms with Gasteiger partial charge in [-0.2, -0.15) is 0 Å². The number of nitrogens with one attached hydrogen (secondary N) is 1. The van der Waals surface area contributed by atoms with Gasteiger partial charge in [0.2, 0.25) is 11.8 Å². The molecule has 0 saturated heterocycles. The lowest BCUT2D eigenvalue weighted by Crippen LogP contribution is -2.51. The largest absolute Gasteiger partial charge is 0.354 e. The quantitative estimate of drug-likeness (QED) is 0.277. The molecule has 0 fully saturated rings. The second-order valence-electron chi connectivity index (χ2n) is 10.0. The minimum Gasteiger partial charge on any atom is -0.354 e. The summed E-state index contributed by atoms with van der Waals surface area (Å²) >= 11 is 0. The maximum absolute atomic E-state index is 14.6. The minimum absolute atomic E-state index is 0.0294. The van der Waals surface area contributed by atoms with Crippen LogP contribution in [0.1, 0.15) is 57.6 Å². The number of nitrogens with zero attached hydrogens (tertiary/aromatic N) is 2. The number of carbonyl (C=O) groups is 2. The molecule has 0 bridgehead atoms. The van der Waals surface area contributed by atoms with Crippen molar-refractivity contribution in [3.05, 3.63) is 95.8 Å². The number of hydrogen-bond donors (Lipinski definition) is 1. The summed E-state index contributed by atoms with van der Waals surface area (Å²) in [7, 11) is -4.15. The molecule has 0 unspecified atom stereocenters. The van der Waals surface area contributed by atoms with Gasteiger partial charge in [0.25, 0.3) is 10.0 Å². The van der Waals surface area contributed by atoms with Crippen LogP contribution in [0.25, 0.3) is 0 Å². The number of halogens is 1. The number of amides is 2. The van der Waals surface area contributed by atoms with Crippen molar-refractivity contribution in [2.75, 3.05) is 17.4 Å². The third kappa shape index (κ3) is 7.69. The van der Waals surface area contributed by atoms with E-state index in [-0.39, 0.29) is 22.9 Å². The Hall–Kier alpha value is -3.72. The molecule has 0 radical (unpaired) electrons. The molecular weight excluding hydrogens is 529 g/mol. The molecular formula is C31H38FN3O4S. The Morgan fingerprint density at radius 1 is 0.900 bits per heavy atom. The predicted octanol–water partition coefficient (Wildman–Crippen LogP) is 5.48. The van der Waals surface area contributed by atoms with E-state index in [4.69, 9.17) is 0 Å². The van der Waals surface area contributed by atoms with E-state index < -0.39 is 40.2 Å². The van der Waals surface area contributed by atoms with Gasteiger partial charge in [-0.3, -0.25) is 13.9 Å². The molecule has 2 amide bonds. The Kier molecular flexibility index (Phi) is 10.8. The molecule has 9 heteroatoms. The number of anilines is 1. The highest BCUT2D eigenvalue weighted by Crippen LogP contribution is 2.26. The molecule has 0 spiro atoms. The van der Waals surface area contributed by atoms with Crippen LogP contribution in [-0.2, 0) is 26.2 Å². The van der Waals surface area contributed by atoms with Gasteiger partial charge in [-0.25, -0.2) is 12.8 Å². The summed E-state index contributed by atoms with van der Waals surface area (Å²) < 4.78 is 43.3. The van der Waals surface area contributed by atoms with Crippen molar-refractivity contribution < 1.29 is 22.4 Å². The highest BCUT2D eigenvalue weighted by atomic mass is 32.2. The highest BCUT2D eigenvalue weighted by Gasteiger charge is 2.32. The Morgan fingerprint density at radius 3 is 2.12 bits per heavy atom. The number of sulfonamides is 1. The summed E-state index contributed by atoms with van der Waals surface area (Å²) in [6.45, 7) is 7.30. The number of unbranched alkanes of at least 4 members (excludes halogenated alkanes) is 1. The third-order valence-corrected chi connectivity index (χ3v) is 8.54. The molecule has 1 atom stereocenters. The zero-order valence-corrected chi connectivity index (χ0v) is 24.3. The summed E-state index contributed by atoms with van der Waals surface area (Å²) in [5.74, 6) is -1.30. The SMILES string of the molecule is CCCCNC(=O)[C@H](C)N(Cc1ccccc1F)C(=O)CN(c1ccc(C(C)C)cc1)S(=O)(=O)c1ccccc1. The average molecular weight is 568 g/mol. The third-order valence-electron chi connectivity index (χ3n) is 6.75. The van der Waals surface area contributed by atoms with Crippen molar-refractivity contribution in [3.8, 4) is 0 Å². The number of rotatable bonds is 13. The first-order valence-corrected chi connectivity index (χ1v) is 15.0. The molecule has 0 saturated carbocycles. The lowest BCUT2D eigenvalue weighted by molar-refractivity contribution is -0.139. The van der Waals surface area contributed by atoms with E-state index in [0.29, 0.717) is 12.2 Å². The van der Waals surface area contributed by atoms with E-state index in [2.05, 4.69) is 5.32 Å². The molecule has 0 aliphatic rings. The van der Waals surface area contributed by atoms with E-state index >= 15 is 0 Å². The normalized spacial score (nSPS) is 12.2. The van der Waals surface area contributed by atoms with E-state index in [1.54, 1.807) is 55.5 Å². The van der Waals surface area contributed by atoms with Gasteiger partial charge in [-0.05, 0) is 55.2 Å². The highest BCUT2D eigenvalue weighted by molar-refractivity contribution is 7.92. The fraction of sp³-hybridized carbons (Fsp3) is 0.355. The topological polar surface area (TPSA) is 86.8 Å². The van der Waals surface area contributed by atoms with E-state index in [9.17, 15) is 22.4 Å². The van der Waals surface area contributed by atoms with Crippen LogP contribution in [-0.4, -0.2) is 44.3 Å².